The van der Waals surface area contributed by atoms with Gasteiger partial charge in [0.1, 0.15) is 11.9 Å². The molecular formula is C17H27NO. The van der Waals surface area contributed by atoms with Crippen LogP contribution in [0.5, 0.6) is 5.75 Å². The van der Waals surface area contributed by atoms with Crippen molar-refractivity contribution in [2.45, 2.75) is 58.0 Å². The molecule has 19 heavy (non-hydrogen) atoms. The van der Waals surface area contributed by atoms with E-state index in [9.17, 15) is 0 Å². The van der Waals surface area contributed by atoms with Crippen LogP contribution in [0.3, 0.4) is 0 Å². The highest BCUT2D eigenvalue weighted by atomic mass is 16.5. The van der Waals surface area contributed by atoms with E-state index >= 15 is 0 Å². The first kappa shape index (κ1) is 14.4. The zero-order valence-electron chi connectivity index (χ0n) is 12.5. The third-order valence-electron chi connectivity index (χ3n) is 4.15. The van der Waals surface area contributed by atoms with Gasteiger partial charge < -0.3 is 10.5 Å². The fraction of sp³-hybridized carbons (Fsp3) is 0.647. The van der Waals surface area contributed by atoms with Gasteiger partial charge in [0.2, 0.25) is 0 Å². The topological polar surface area (TPSA) is 35.2 Å². The van der Waals surface area contributed by atoms with E-state index in [-0.39, 0.29) is 5.41 Å². The summed E-state index contributed by atoms with van der Waals surface area (Å²) in [6.07, 6.45) is 5.22. The van der Waals surface area contributed by atoms with Crippen LogP contribution in [-0.2, 0) is 5.41 Å². The lowest BCUT2D eigenvalue weighted by Crippen LogP contribution is -2.35. The van der Waals surface area contributed by atoms with Crippen molar-refractivity contribution in [2.24, 2.45) is 11.7 Å². The van der Waals surface area contributed by atoms with Crippen LogP contribution >= 0.6 is 0 Å². The van der Waals surface area contributed by atoms with Crippen molar-refractivity contribution in [3.8, 4) is 5.75 Å². The Morgan fingerprint density at radius 2 is 1.74 bits per heavy atom. The minimum atomic E-state index is 0.198. The van der Waals surface area contributed by atoms with Gasteiger partial charge in [0, 0.05) is 5.92 Å². The van der Waals surface area contributed by atoms with Crippen LogP contribution in [0.1, 0.15) is 52.0 Å². The quantitative estimate of drug-likeness (QED) is 0.896. The molecule has 0 heterocycles. The minimum absolute atomic E-state index is 0.198. The molecule has 2 unspecified atom stereocenters. The maximum Gasteiger partial charge on any atom is 0.119 e. The molecule has 1 aromatic carbocycles. The molecule has 0 saturated heterocycles. The third-order valence-corrected chi connectivity index (χ3v) is 4.15. The first-order valence-electron chi connectivity index (χ1n) is 7.48. The van der Waals surface area contributed by atoms with Gasteiger partial charge in [-0.25, -0.2) is 0 Å². The Bertz CT molecular complexity index is 391. The Morgan fingerprint density at radius 1 is 1.11 bits per heavy atom. The van der Waals surface area contributed by atoms with Gasteiger partial charge in [-0.1, -0.05) is 39.3 Å². The molecule has 0 spiro atoms. The number of hydrogen-bond donors (Lipinski definition) is 1. The Balaban J connectivity index is 2.02. The van der Waals surface area contributed by atoms with Crippen molar-refractivity contribution in [3.05, 3.63) is 29.8 Å². The first-order valence-corrected chi connectivity index (χ1v) is 7.48. The molecule has 1 aromatic rings. The van der Waals surface area contributed by atoms with Crippen LogP contribution in [0.2, 0.25) is 0 Å². The van der Waals surface area contributed by atoms with Crippen LogP contribution in [0, 0.1) is 5.92 Å². The highest BCUT2D eigenvalue weighted by molar-refractivity contribution is 5.31. The lowest BCUT2D eigenvalue weighted by Gasteiger charge is -2.31. The van der Waals surface area contributed by atoms with E-state index in [0.717, 1.165) is 18.7 Å². The predicted molar refractivity (Wildman–Crippen MR) is 80.6 cm³/mol. The summed E-state index contributed by atoms with van der Waals surface area (Å²) in [4.78, 5) is 0. The molecule has 2 N–H and O–H groups in total. The second-order valence-corrected chi connectivity index (χ2v) is 6.71. The zero-order chi connectivity index (χ0) is 13.9. The molecule has 2 rings (SSSR count). The highest BCUT2D eigenvalue weighted by Gasteiger charge is 2.25. The van der Waals surface area contributed by atoms with Gasteiger partial charge in [-0.05, 0) is 48.9 Å². The third kappa shape index (κ3) is 3.73. The van der Waals surface area contributed by atoms with Crippen molar-refractivity contribution in [2.75, 3.05) is 6.54 Å². The average molecular weight is 261 g/mol. The lowest BCUT2D eigenvalue weighted by molar-refractivity contribution is 0.0970. The average Bonchev–Trinajstić information content (AvgIpc) is 2.39. The maximum atomic E-state index is 6.15. The van der Waals surface area contributed by atoms with Gasteiger partial charge in [-0.3, -0.25) is 0 Å². The number of nitrogens with two attached hydrogens (primary N) is 1. The van der Waals surface area contributed by atoms with E-state index in [1.54, 1.807) is 0 Å². The largest absolute Gasteiger partial charge is 0.490 e. The number of rotatable bonds is 3. The van der Waals surface area contributed by atoms with Crippen molar-refractivity contribution in [1.29, 1.82) is 0 Å². The molecule has 1 aliphatic carbocycles. The molecular weight excluding hydrogens is 234 g/mol. The summed E-state index contributed by atoms with van der Waals surface area (Å²) in [6.45, 7) is 7.43. The second-order valence-electron chi connectivity index (χ2n) is 6.71. The SMILES string of the molecule is CC(C)(C)c1ccc(OC2CCCCC2CN)cc1. The number of ether oxygens (including phenoxy) is 1. The Morgan fingerprint density at radius 3 is 2.32 bits per heavy atom. The van der Waals surface area contributed by atoms with Gasteiger partial charge in [0.15, 0.2) is 0 Å². The van der Waals surface area contributed by atoms with Crippen molar-refractivity contribution >= 4 is 0 Å². The van der Waals surface area contributed by atoms with Crippen LogP contribution in [0.15, 0.2) is 24.3 Å². The molecule has 2 atom stereocenters. The summed E-state index contributed by atoms with van der Waals surface area (Å²) in [7, 11) is 0. The minimum Gasteiger partial charge on any atom is -0.490 e. The first-order chi connectivity index (χ1) is 9.00. The van der Waals surface area contributed by atoms with E-state index in [1.165, 1.54) is 24.8 Å². The number of hydrogen-bond acceptors (Lipinski definition) is 2. The summed E-state index contributed by atoms with van der Waals surface area (Å²) < 4.78 is 6.15. The molecule has 0 radical (unpaired) electrons. The molecule has 0 aliphatic heterocycles. The summed E-state index contributed by atoms with van der Waals surface area (Å²) in [5.74, 6) is 1.51. The van der Waals surface area contributed by atoms with E-state index in [1.807, 2.05) is 0 Å². The van der Waals surface area contributed by atoms with Gasteiger partial charge >= 0.3 is 0 Å². The molecule has 1 saturated carbocycles. The smallest absolute Gasteiger partial charge is 0.119 e. The van der Waals surface area contributed by atoms with Crippen LogP contribution < -0.4 is 10.5 Å². The molecule has 106 valence electrons. The number of benzene rings is 1. The zero-order valence-corrected chi connectivity index (χ0v) is 12.5. The van der Waals surface area contributed by atoms with Gasteiger partial charge in [0.05, 0.1) is 0 Å². The second kappa shape index (κ2) is 5.96. The van der Waals surface area contributed by atoms with Crippen molar-refractivity contribution < 1.29 is 4.74 Å². The summed E-state index contributed by atoms with van der Waals surface area (Å²) in [6, 6.07) is 8.55. The van der Waals surface area contributed by atoms with Gasteiger partial charge in [-0.15, -0.1) is 0 Å². The van der Waals surface area contributed by atoms with Gasteiger partial charge in [0.25, 0.3) is 0 Å². The van der Waals surface area contributed by atoms with Crippen LogP contribution in [-0.4, -0.2) is 12.6 Å². The van der Waals surface area contributed by atoms with E-state index in [2.05, 4.69) is 45.0 Å². The highest BCUT2D eigenvalue weighted by Crippen LogP contribution is 2.29. The van der Waals surface area contributed by atoms with E-state index < -0.39 is 0 Å². The Kier molecular flexibility index (Phi) is 4.51. The summed E-state index contributed by atoms with van der Waals surface area (Å²) in [5, 5.41) is 0. The van der Waals surface area contributed by atoms with Crippen LogP contribution in [0.25, 0.3) is 0 Å². The lowest BCUT2D eigenvalue weighted by atomic mass is 9.86. The molecule has 0 amide bonds. The summed E-state index contributed by atoms with van der Waals surface area (Å²) in [5.41, 5.74) is 7.39. The monoisotopic (exact) mass is 261 g/mol. The molecule has 2 nitrogen and oxygen atoms in total. The normalized spacial score (nSPS) is 24.2. The van der Waals surface area contributed by atoms with Crippen molar-refractivity contribution in [3.63, 3.8) is 0 Å². The Labute approximate surface area is 117 Å². The Hall–Kier alpha value is -1.02. The van der Waals surface area contributed by atoms with E-state index in [0.29, 0.717) is 12.0 Å². The molecule has 0 aromatic heterocycles. The summed E-state index contributed by atoms with van der Waals surface area (Å²) >= 11 is 0. The fourth-order valence-corrected chi connectivity index (χ4v) is 2.81. The molecule has 1 fully saturated rings. The van der Waals surface area contributed by atoms with Gasteiger partial charge in [-0.2, -0.15) is 0 Å². The molecule has 1 aliphatic rings. The standard InChI is InChI=1S/C17H27NO/c1-17(2,3)14-8-10-15(11-9-14)19-16-7-5-4-6-13(16)12-18/h8-11,13,16H,4-7,12,18H2,1-3H3. The molecule has 0 bridgehead atoms. The maximum absolute atomic E-state index is 6.15. The molecule has 2 heteroatoms. The fourth-order valence-electron chi connectivity index (χ4n) is 2.81. The van der Waals surface area contributed by atoms with Crippen molar-refractivity contribution in [1.82, 2.24) is 0 Å². The predicted octanol–water partition coefficient (Wildman–Crippen LogP) is 3.88. The van der Waals surface area contributed by atoms with E-state index in [4.69, 9.17) is 10.5 Å². The van der Waals surface area contributed by atoms with Crippen LogP contribution in [0.4, 0.5) is 0 Å².